The van der Waals surface area contributed by atoms with Crippen LogP contribution in [0.4, 0.5) is 22.8 Å². The number of rotatable bonds is 8. The van der Waals surface area contributed by atoms with Crippen molar-refractivity contribution in [2.24, 2.45) is 5.41 Å². The second kappa shape index (κ2) is 14.7. The molecule has 3 aromatic rings. The number of hydrogen-bond donors (Lipinski definition) is 1. The van der Waals surface area contributed by atoms with Gasteiger partial charge in [0.15, 0.2) is 11.6 Å². The number of halogens is 4. The van der Waals surface area contributed by atoms with Gasteiger partial charge in [-0.25, -0.2) is 27.7 Å². The van der Waals surface area contributed by atoms with Crippen LogP contribution < -0.4 is 5.32 Å². The lowest BCUT2D eigenvalue weighted by atomic mass is 9.77. The van der Waals surface area contributed by atoms with Crippen LogP contribution in [-0.4, -0.2) is 59.5 Å². The molecule has 45 heavy (non-hydrogen) atoms. The number of carbonyl (C=O) groups is 2. The molecular formula is C35H42ClF3N4O2. The van der Waals surface area contributed by atoms with E-state index in [9.17, 15) is 22.8 Å². The van der Waals surface area contributed by atoms with Crippen molar-refractivity contribution in [1.29, 1.82) is 0 Å². The Bertz CT molecular complexity index is 1450. The van der Waals surface area contributed by atoms with Gasteiger partial charge in [-0.15, -0.1) is 12.4 Å². The van der Waals surface area contributed by atoms with Crippen molar-refractivity contribution in [2.75, 3.05) is 32.7 Å². The number of imide groups is 1. The van der Waals surface area contributed by atoms with E-state index in [0.717, 1.165) is 50.2 Å². The molecule has 2 aliphatic heterocycles. The lowest BCUT2D eigenvalue weighted by Crippen LogP contribution is -2.62. The Morgan fingerprint density at radius 1 is 0.933 bits per heavy atom. The smallest absolute Gasteiger partial charge is 0.329 e. The van der Waals surface area contributed by atoms with E-state index in [4.69, 9.17) is 0 Å². The van der Waals surface area contributed by atoms with Crippen molar-refractivity contribution in [3.63, 3.8) is 0 Å². The summed E-state index contributed by atoms with van der Waals surface area (Å²) in [5.74, 6) is -1.81. The molecule has 2 aliphatic rings. The first kappa shape index (κ1) is 34.3. The quantitative estimate of drug-likeness (QED) is 0.253. The Balaban J connectivity index is 0.00000461. The Morgan fingerprint density at radius 3 is 2.22 bits per heavy atom. The van der Waals surface area contributed by atoms with Crippen LogP contribution in [0.25, 0.3) is 0 Å². The third kappa shape index (κ3) is 7.82. The van der Waals surface area contributed by atoms with Crippen LogP contribution in [-0.2, 0) is 0 Å². The molecule has 5 rings (SSSR count). The first-order chi connectivity index (χ1) is 21.0. The van der Waals surface area contributed by atoms with Crippen molar-refractivity contribution < 1.29 is 22.8 Å². The summed E-state index contributed by atoms with van der Waals surface area (Å²) >= 11 is 0. The van der Waals surface area contributed by atoms with E-state index in [-0.39, 0.29) is 24.3 Å². The van der Waals surface area contributed by atoms with Gasteiger partial charge in [0.25, 0.3) is 0 Å². The Morgan fingerprint density at radius 2 is 1.58 bits per heavy atom. The predicted octanol–water partition coefficient (Wildman–Crippen LogP) is 8.07. The normalized spacial score (nSPS) is 19.6. The van der Waals surface area contributed by atoms with Gasteiger partial charge < -0.3 is 15.1 Å². The summed E-state index contributed by atoms with van der Waals surface area (Å²) in [5.41, 5.74) is 1.80. The van der Waals surface area contributed by atoms with Crippen molar-refractivity contribution in [1.82, 2.24) is 20.0 Å². The van der Waals surface area contributed by atoms with E-state index in [1.165, 1.54) is 28.7 Å². The van der Waals surface area contributed by atoms with Gasteiger partial charge in [0.05, 0.1) is 12.1 Å². The maximum atomic E-state index is 14.4. The van der Waals surface area contributed by atoms with Crippen LogP contribution in [0.5, 0.6) is 0 Å². The van der Waals surface area contributed by atoms with E-state index in [1.807, 2.05) is 63.2 Å². The zero-order valence-electron chi connectivity index (χ0n) is 26.0. The molecule has 1 N–H and O–H groups in total. The topological polar surface area (TPSA) is 55.9 Å². The van der Waals surface area contributed by atoms with E-state index < -0.39 is 35.2 Å². The zero-order valence-corrected chi connectivity index (χ0v) is 26.8. The molecule has 2 heterocycles. The minimum absolute atomic E-state index is 0. The number of nitrogens with zero attached hydrogens (tertiary/aromatic N) is 3. The van der Waals surface area contributed by atoms with Gasteiger partial charge in [-0.3, -0.25) is 0 Å². The van der Waals surface area contributed by atoms with Crippen LogP contribution in [0.2, 0.25) is 0 Å². The predicted molar refractivity (Wildman–Crippen MR) is 172 cm³/mol. The summed E-state index contributed by atoms with van der Waals surface area (Å²) in [4.78, 5) is 33.0. The molecule has 0 unspecified atom stereocenters. The van der Waals surface area contributed by atoms with Crippen LogP contribution in [0.15, 0.2) is 72.8 Å². The summed E-state index contributed by atoms with van der Waals surface area (Å²) < 4.78 is 41.6. The fraction of sp³-hybridized carbons (Fsp3) is 0.429. The molecule has 0 saturated carbocycles. The first-order valence-corrected chi connectivity index (χ1v) is 15.4. The minimum atomic E-state index is -1.02. The monoisotopic (exact) mass is 642 g/mol. The van der Waals surface area contributed by atoms with E-state index in [0.29, 0.717) is 31.0 Å². The highest BCUT2D eigenvalue weighted by Gasteiger charge is 2.50. The van der Waals surface area contributed by atoms with Crippen LogP contribution >= 0.6 is 12.4 Å². The molecule has 6 nitrogen and oxygen atoms in total. The molecule has 10 heteroatoms. The Labute approximate surface area is 270 Å². The number of carbonyl (C=O) groups excluding carboxylic acids is 2. The molecule has 2 atom stereocenters. The number of benzene rings is 3. The number of urea groups is 2. The molecule has 0 radical (unpaired) electrons. The van der Waals surface area contributed by atoms with Crippen LogP contribution in [0.1, 0.15) is 74.7 Å². The van der Waals surface area contributed by atoms with Gasteiger partial charge in [0, 0.05) is 18.5 Å². The lowest BCUT2D eigenvalue weighted by molar-refractivity contribution is 0.0233. The highest BCUT2D eigenvalue weighted by Crippen LogP contribution is 2.45. The summed E-state index contributed by atoms with van der Waals surface area (Å²) in [7, 11) is 0. The fourth-order valence-electron chi connectivity index (χ4n) is 6.70. The molecule has 2 saturated heterocycles. The van der Waals surface area contributed by atoms with Crippen molar-refractivity contribution >= 4 is 24.5 Å². The molecule has 242 valence electrons. The van der Waals surface area contributed by atoms with Gasteiger partial charge in [0.2, 0.25) is 0 Å². The lowest BCUT2D eigenvalue weighted by Gasteiger charge is -2.51. The highest BCUT2D eigenvalue weighted by atomic mass is 35.5. The Kier molecular flexibility index (Phi) is 11.2. The SMILES string of the molecule is C[C@H](c1ccccc1)N1CC(C)(C)[C@H](c2ccc(F)c(F)c2)N(C(=O)NCCCN2CCC(c3ccc(F)cc3)CC2)C1=O.Cl. The molecule has 2 fully saturated rings. The van der Waals surface area contributed by atoms with Crippen LogP contribution in [0.3, 0.4) is 0 Å². The van der Waals surface area contributed by atoms with Crippen molar-refractivity contribution in [3.8, 4) is 0 Å². The van der Waals surface area contributed by atoms with E-state index in [1.54, 1.807) is 4.90 Å². The average Bonchev–Trinajstić information content (AvgIpc) is 3.02. The molecular weight excluding hydrogens is 601 g/mol. The van der Waals surface area contributed by atoms with Gasteiger partial charge in [-0.05, 0) is 92.7 Å². The number of hydrogen-bond acceptors (Lipinski definition) is 3. The van der Waals surface area contributed by atoms with Gasteiger partial charge in [-0.2, -0.15) is 0 Å². The van der Waals surface area contributed by atoms with E-state index in [2.05, 4.69) is 10.2 Å². The maximum Gasteiger partial charge on any atom is 0.329 e. The largest absolute Gasteiger partial charge is 0.338 e. The van der Waals surface area contributed by atoms with Gasteiger partial charge in [0.1, 0.15) is 5.82 Å². The number of likely N-dealkylation sites (tertiary alicyclic amines) is 1. The number of nitrogens with one attached hydrogen (secondary N) is 1. The minimum Gasteiger partial charge on any atom is -0.338 e. The second-order valence-corrected chi connectivity index (χ2v) is 12.7. The first-order valence-electron chi connectivity index (χ1n) is 15.4. The number of amides is 4. The highest BCUT2D eigenvalue weighted by molar-refractivity contribution is 5.95. The second-order valence-electron chi connectivity index (χ2n) is 12.7. The summed E-state index contributed by atoms with van der Waals surface area (Å²) in [6, 6.07) is 17.8. The summed E-state index contributed by atoms with van der Waals surface area (Å²) in [6.07, 6.45) is 2.67. The van der Waals surface area contributed by atoms with Crippen molar-refractivity contribution in [2.45, 2.75) is 58.0 Å². The van der Waals surface area contributed by atoms with Crippen molar-refractivity contribution in [3.05, 3.63) is 107 Å². The third-order valence-corrected chi connectivity index (χ3v) is 9.11. The zero-order chi connectivity index (χ0) is 31.4. The molecule has 0 aliphatic carbocycles. The van der Waals surface area contributed by atoms with Gasteiger partial charge >= 0.3 is 12.1 Å². The molecule has 0 spiro atoms. The maximum absolute atomic E-state index is 14.4. The van der Waals surface area contributed by atoms with E-state index >= 15 is 0 Å². The molecule has 3 aromatic carbocycles. The van der Waals surface area contributed by atoms with Gasteiger partial charge in [-0.1, -0.05) is 62.4 Å². The Hall–Kier alpha value is -3.56. The summed E-state index contributed by atoms with van der Waals surface area (Å²) in [5, 5.41) is 2.93. The summed E-state index contributed by atoms with van der Waals surface area (Å²) in [6.45, 7) is 9.11. The average molecular weight is 643 g/mol. The number of piperidine rings is 1. The van der Waals surface area contributed by atoms with Crippen LogP contribution in [0, 0.1) is 22.9 Å². The molecule has 0 bridgehead atoms. The standard InChI is InChI=1S/C35H41F3N4O2.ClH/c1-24(25-8-5-4-6-9-25)41-23-35(2,3)32(28-12-15-30(37)31(38)22-28)42(34(41)44)33(43)39-18-7-19-40-20-16-27(17-21-40)26-10-13-29(36)14-11-26;/h4-6,8-15,22,24,27,32H,7,16-21,23H2,1-3H3,(H,39,43);1H/t24-,32+;/m1./s1. The fourth-order valence-corrected chi connectivity index (χ4v) is 6.70. The molecule has 0 aromatic heterocycles. The molecule has 4 amide bonds. The third-order valence-electron chi connectivity index (χ3n) is 9.11.